The van der Waals surface area contributed by atoms with Crippen molar-refractivity contribution < 1.29 is 14.3 Å². The Balaban J connectivity index is 2.28. The highest BCUT2D eigenvalue weighted by Gasteiger charge is 2.05. The number of hydrogen-bond acceptors (Lipinski definition) is 2. The fraction of sp³-hybridized carbons (Fsp3) is 0.0714. The van der Waals surface area contributed by atoms with Crippen LogP contribution in [0.3, 0.4) is 0 Å². The molecule has 2 aromatic rings. The Bertz CT molecular complexity index is 594. The minimum Gasteiger partial charge on any atom is -0.478 e. The minimum absolute atomic E-state index is 0.229. The SMILES string of the molecule is C/C(=C\c1ccc(-c2ccc(Cl)cc2)o1)C(=O)O. The highest BCUT2D eigenvalue weighted by molar-refractivity contribution is 6.30. The van der Waals surface area contributed by atoms with Crippen LogP contribution in [0.5, 0.6) is 0 Å². The van der Waals surface area contributed by atoms with E-state index in [-0.39, 0.29) is 5.57 Å². The molecular formula is C14H11ClO3. The number of carbonyl (C=O) groups is 1. The highest BCUT2D eigenvalue weighted by Crippen LogP contribution is 2.24. The van der Waals surface area contributed by atoms with E-state index >= 15 is 0 Å². The van der Waals surface area contributed by atoms with E-state index in [0.717, 1.165) is 5.56 Å². The molecule has 3 nitrogen and oxygen atoms in total. The number of rotatable bonds is 3. The standard InChI is InChI=1S/C14H11ClO3/c1-9(14(16)17)8-12-6-7-13(18-12)10-2-4-11(15)5-3-10/h2-8H,1H3,(H,16,17)/b9-8+. The van der Waals surface area contributed by atoms with Crippen molar-refractivity contribution in [2.45, 2.75) is 6.92 Å². The summed E-state index contributed by atoms with van der Waals surface area (Å²) in [4.78, 5) is 10.7. The van der Waals surface area contributed by atoms with Crippen LogP contribution in [0.2, 0.25) is 5.02 Å². The van der Waals surface area contributed by atoms with Gasteiger partial charge < -0.3 is 9.52 Å². The van der Waals surface area contributed by atoms with E-state index in [9.17, 15) is 4.79 Å². The topological polar surface area (TPSA) is 50.4 Å². The van der Waals surface area contributed by atoms with E-state index in [0.29, 0.717) is 16.5 Å². The number of aliphatic carboxylic acids is 1. The monoisotopic (exact) mass is 262 g/mol. The van der Waals surface area contributed by atoms with E-state index in [1.165, 1.54) is 13.0 Å². The van der Waals surface area contributed by atoms with Gasteiger partial charge >= 0.3 is 5.97 Å². The molecule has 0 radical (unpaired) electrons. The molecule has 4 heteroatoms. The van der Waals surface area contributed by atoms with Crippen LogP contribution in [-0.2, 0) is 4.79 Å². The van der Waals surface area contributed by atoms with Crippen molar-refractivity contribution in [1.82, 2.24) is 0 Å². The van der Waals surface area contributed by atoms with Crippen molar-refractivity contribution in [3.05, 3.63) is 52.8 Å². The molecule has 0 aliphatic rings. The lowest BCUT2D eigenvalue weighted by atomic mass is 10.2. The van der Waals surface area contributed by atoms with Crippen molar-refractivity contribution in [2.75, 3.05) is 0 Å². The third-order valence-corrected chi connectivity index (χ3v) is 2.70. The number of carboxylic acid groups (broad SMARTS) is 1. The molecule has 1 heterocycles. The van der Waals surface area contributed by atoms with Gasteiger partial charge in [-0.05, 0) is 49.4 Å². The van der Waals surface area contributed by atoms with Gasteiger partial charge in [0.2, 0.25) is 0 Å². The highest BCUT2D eigenvalue weighted by atomic mass is 35.5. The number of furan rings is 1. The van der Waals surface area contributed by atoms with Crippen LogP contribution >= 0.6 is 11.6 Å². The van der Waals surface area contributed by atoms with Crippen molar-refractivity contribution in [2.24, 2.45) is 0 Å². The maximum atomic E-state index is 10.7. The van der Waals surface area contributed by atoms with Gasteiger partial charge in [0.1, 0.15) is 11.5 Å². The number of hydrogen-bond donors (Lipinski definition) is 1. The molecule has 1 aromatic carbocycles. The molecule has 18 heavy (non-hydrogen) atoms. The van der Waals surface area contributed by atoms with Gasteiger partial charge in [-0.3, -0.25) is 0 Å². The van der Waals surface area contributed by atoms with Crippen LogP contribution in [0.1, 0.15) is 12.7 Å². The maximum absolute atomic E-state index is 10.7. The summed E-state index contributed by atoms with van der Waals surface area (Å²) in [5.41, 5.74) is 1.12. The fourth-order valence-electron chi connectivity index (χ4n) is 1.47. The Labute approximate surface area is 109 Å². The summed E-state index contributed by atoms with van der Waals surface area (Å²) in [6, 6.07) is 10.8. The zero-order valence-corrected chi connectivity index (χ0v) is 10.4. The quantitative estimate of drug-likeness (QED) is 0.848. The molecule has 0 unspecified atom stereocenters. The van der Waals surface area contributed by atoms with Crippen LogP contribution in [0.15, 0.2) is 46.4 Å². The van der Waals surface area contributed by atoms with E-state index in [2.05, 4.69) is 0 Å². The molecular weight excluding hydrogens is 252 g/mol. The Kier molecular flexibility index (Phi) is 3.53. The summed E-state index contributed by atoms with van der Waals surface area (Å²) in [6.45, 7) is 1.52. The Morgan fingerprint density at radius 2 is 1.89 bits per heavy atom. The second kappa shape index (κ2) is 5.10. The van der Waals surface area contributed by atoms with E-state index < -0.39 is 5.97 Å². The lowest BCUT2D eigenvalue weighted by molar-refractivity contribution is -0.132. The van der Waals surface area contributed by atoms with Crippen molar-refractivity contribution >= 4 is 23.6 Å². The van der Waals surface area contributed by atoms with Gasteiger partial charge in [0.25, 0.3) is 0 Å². The lowest BCUT2D eigenvalue weighted by Crippen LogP contribution is -1.94. The molecule has 1 aromatic heterocycles. The number of benzene rings is 1. The maximum Gasteiger partial charge on any atom is 0.331 e. The lowest BCUT2D eigenvalue weighted by Gasteiger charge is -1.96. The largest absolute Gasteiger partial charge is 0.478 e. The molecule has 0 amide bonds. The molecule has 0 fully saturated rings. The first kappa shape index (κ1) is 12.5. The Hall–Kier alpha value is -2.00. The van der Waals surface area contributed by atoms with Gasteiger partial charge in [-0.25, -0.2) is 4.79 Å². The van der Waals surface area contributed by atoms with Gasteiger partial charge in [-0.2, -0.15) is 0 Å². The van der Waals surface area contributed by atoms with Crippen LogP contribution in [-0.4, -0.2) is 11.1 Å². The summed E-state index contributed by atoms with van der Waals surface area (Å²) >= 11 is 5.80. The smallest absolute Gasteiger partial charge is 0.331 e. The number of halogens is 1. The second-order valence-corrected chi connectivity index (χ2v) is 4.28. The first-order valence-electron chi connectivity index (χ1n) is 5.33. The molecule has 0 saturated heterocycles. The Morgan fingerprint density at radius 3 is 2.50 bits per heavy atom. The van der Waals surface area contributed by atoms with Crippen LogP contribution in [0.4, 0.5) is 0 Å². The summed E-state index contributed by atoms with van der Waals surface area (Å²) in [7, 11) is 0. The second-order valence-electron chi connectivity index (χ2n) is 3.84. The molecule has 0 aliphatic heterocycles. The van der Waals surface area contributed by atoms with Crippen molar-refractivity contribution in [3.63, 3.8) is 0 Å². The van der Waals surface area contributed by atoms with Gasteiger partial charge in [-0.15, -0.1) is 0 Å². The third kappa shape index (κ3) is 2.81. The van der Waals surface area contributed by atoms with Crippen molar-refractivity contribution in [1.29, 1.82) is 0 Å². The van der Waals surface area contributed by atoms with Gasteiger partial charge in [0, 0.05) is 16.2 Å². The molecule has 0 atom stereocenters. The summed E-state index contributed by atoms with van der Waals surface area (Å²) in [5.74, 6) is 0.232. The molecule has 0 spiro atoms. The number of carboxylic acids is 1. The molecule has 1 N–H and O–H groups in total. The predicted molar refractivity (Wildman–Crippen MR) is 70.4 cm³/mol. The van der Waals surface area contributed by atoms with Crippen LogP contribution in [0.25, 0.3) is 17.4 Å². The normalized spacial score (nSPS) is 11.6. The summed E-state index contributed by atoms with van der Waals surface area (Å²) < 4.78 is 5.55. The average Bonchev–Trinajstić information content (AvgIpc) is 2.78. The fourth-order valence-corrected chi connectivity index (χ4v) is 1.60. The summed E-state index contributed by atoms with van der Waals surface area (Å²) in [5, 5.41) is 9.43. The van der Waals surface area contributed by atoms with Crippen molar-refractivity contribution in [3.8, 4) is 11.3 Å². The van der Waals surface area contributed by atoms with Gasteiger partial charge in [-0.1, -0.05) is 11.6 Å². The van der Waals surface area contributed by atoms with E-state index in [1.807, 2.05) is 12.1 Å². The molecule has 92 valence electrons. The first-order chi connectivity index (χ1) is 8.56. The first-order valence-corrected chi connectivity index (χ1v) is 5.71. The Morgan fingerprint density at radius 1 is 1.22 bits per heavy atom. The molecule has 0 bridgehead atoms. The zero-order chi connectivity index (χ0) is 13.1. The minimum atomic E-state index is -0.959. The zero-order valence-electron chi connectivity index (χ0n) is 9.68. The van der Waals surface area contributed by atoms with E-state index in [1.54, 1.807) is 24.3 Å². The molecule has 0 saturated carbocycles. The summed E-state index contributed by atoms with van der Waals surface area (Å²) in [6.07, 6.45) is 1.49. The molecule has 0 aliphatic carbocycles. The average molecular weight is 263 g/mol. The van der Waals surface area contributed by atoms with Crippen LogP contribution < -0.4 is 0 Å². The van der Waals surface area contributed by atoms with E-state index in [4.69, 9.17) is 21.1 Å². The molecule has 2 rings (SSSR count). The third-order valence-electron chi connectivity index (χ3n) is 2.45. The van der Waals surface area contributed by atoms with Gasteiger partial charge in [0.05, 0.1) is 0 Å². The van der Waals surface area contributed by atoms with Crippen LogP contribution in [0, 0.1) is 0 Å². The predicted octanol–water partition coefficient (Wildman–Crippen LogP) is 4.09. The van der Waals surface area contributed by atoms with Gasteiger partial charge in [0.15, 0.2) is 0 Å².